The Balaban J connectivity index is 0.00000462. The van der Waals surface area contributed by atoms with Gasteiger partial charge in [0.25, 0.3) is 0 Å². The van der Waals surface area contributed by atoms with Crippen LogP contribution in [0, 0.1) is 0 Å². The van der Waals surface area contributed by atoms with Crippen molar-refractivity contribution in [2.24, 2.45) is 9.98 Å². The fraction of sp³-hybridized carbons (Fsp3) is 0.167. The molecular weight excluding hydrogens is 551 g/mol. The van der Waals surface area contributed by atoms with Crippen LogP contribution in [0.25, 0.3) is 0 Å². The molecule has 0 amide bonds. The van der Waals surface area contributed by atoms with E-state index in [1.165, 1.54) is 0 Å². The van der Waals surface area contributed by atoms with Crippen molar-refractivity contribution in [3.05, 3.63) is 167 Å². The first-order valence-electron chi connectivity index (χ1n) is 13.6. The summed E-state index contributed by atoms with van der Waals surface area (Å²) in [5.74, 6) is 0.0444. The molecule has 0 spiro atoms. The Bertz CT molecular complexity index is 1320. The zero-order valence-electron chi connectivity index (χ0n) is 23.0. The fourth-order valence-corrected chi connectivity index (χ4v) is 4.37. The van der Waals surface area contributed by atoms with Crippen LogP contribution in [0.2, 0.25) is 0 Å². The molecular formula is C36H34CoN2O2. The Morgan fingerprint density at radius 2 is 0.707 bits per heavy atom. The van der Waals surface area contributed by atoms with Crippen LogP contribution in [0.3, 0.4) is 0 Å². The zero-order chi connectivity index (χ0) is 27.8. The van der Waals surface area contributed by atoms with Crippen LogP contribution in [0.4, 0.5) is 0 Å². The van der Waals surface area contributed by atoms with E-state index in [2.05, 4.69) is 0 Å². The minimum absolute atomic E-state index is 0. The minimum Gasteiger partial charge on any atom is -0.875 e. The Kier molecular flexibility index (Phi) is 13.4. The number of nitrogens with zero attached hydrogens (tertiary/aromatic N) is 2. The molecule has 4 aromatic rings. The van der Waals surface area contributed by atoms with Crippen molar-refractivity contribution in [1.29, 1.82) is 0 Å². The molecule has 4 nitrogen and oxygen atoms in total. The molecule has 4 aromatic carbocycles. The van der Waals surface area contributed by atoms with E-state index >= 15 is 0 Å². The van der Waals surface area contributed by atoms with Gasteiger partial charge in [-0.2, -0.15) is 0 Å². The van der Waals surface area contributed by atoms with Gasteiger partial charge in [0.2, 0.25) is 0 Å². The number of hydrogen-bond acceptors (Lipinski definition) is 4. The first-order chi connectivity index (χ1) is 19.6. The predicted octanol–water partition coefficient (Wildman–Crippen LogP) is 5.33. The van der Waals surface area contributed by atoms with Crippen LogP contribution >= 0.6 is 0 Å². The average molecular weight is 586 g/mol. The van der Waals surface area contributed by atoms with Gasteiger partial charge < -0.3 is 10.2 Å². The fourth-order valence-electron chi connectivity index (χ4n) is 4.37. The topological polar surface area (TPSA) is 70.8 Å². The van der Waals surface area contributed by atoms with Crippen molar-refractivity contribution in [3.63, 3.8) is 0 Å². The zero-order valence-corrected chi connectivity index (χ0v) is 24.0. The van der Waals surface area contributed by atoms with Crippen LogP contribution in [-0.2, 0) is 42.5 Å². The number of rotatable bonds is 13. The maximum atomic E-state index is 12.8. The molecule has 0 aromatic heterocycles. The van der Waals surface area contributed by atoms with Gasteiger partial charge in [-0.25, -0.2) is 0 Å². The second-order valence-electron chi connectivity index (χ2n) is 9.62. The van der Waals surface area contributed by atoms with Gasteiger partial charge in [0.05, 0.1) is 13.1 Å². The molecule has 0 unspecified atom stereocenters. The molecule has 4 rings (SSSR count). The SMILES string of the molecule is [Co+2].[O-]/C(=C\C(Cc1ccccc1)=NCCN=C(/C=C(\[O-])Cc1ccccc1)Cc1ccccc1)Cc1ccccc1. The molecule has 0 fully saturated rings. The van der Waals surface area contributed by atoms with E-state index in [0.717, 1.165) is 33.7 Å². The van der Waals surface area contributed by atoms with Crippen molar-refractivity contribution in [3.8, 4) is 0 Å². The third-order valence-electron chi connectivity index (χ3n) is 6.28. The third-order valence-corrected chi connectivity index (χ3v) is 6.28. The molecule has 5 heteroatoms. The molecule has 0 saturated heterocycles. The van der Waals surface area contributed by atoms with E-state index in [1.54, 1.807) is 12.2 Å². The number of hydrogen-bond donors (Lipinski definition) is 0. The molecule has 1 radical (unpaired) electrons. The van der Waals surface area contributed by atoms with Crippen molar-refractivity contribution in [2.45, 2.75) is 25.7 Å². The maximum Gasteiger partial charge on any atom is 2.00 e. The van der Waals surface area contributed by atoms with Gasteiger partial charge in [-0.15, -0.1) is 11.5 Å². The summed E-state index contributed by atoms with van der Waals surface area (Å²) >= 11 is 0. The first kappa shape index (κ1) is 31.3. The van der Waals surface area contributed by atoms with E-state index in [9.17, 15) is 10.2 Å². The number of aliphatic imine (C=N–C) groups is 2. The summed E-state index contributed by atoms with van der Waals surface area (Å²) in [5, 5.41) is 25.6. The molecule has 0 atom stereocenters. The van der Waals surface area contributed by atoms with Gasteiger partial charge in [-0.3, -0.25) is 9.98 Å². The third kappa shape index (κ3) is 11.8. The minimum atomic E-state index is 0. The number of benzene rings is 4. The molecule has 0 N–H and O–H groups in total. The summed E-state index contributed by atoms with van der Waals surface area (Å²) in [6.07, 6.45) is 5.14. The first-order valence-corrected chi connectivity index (χ1v) is 13.6. The van der Waals surface area contributed by atoms with Crippen LogP contribution in [0.15, 0.2) is 155 Å². The molecule has 0 aliphatic heterocycles. The van der Waals surface area contributed by atoms with Gasteiger partial charge in [-0.1, -0.05) is 133 Å². The molecule has 0 aliphatic rings. The smallest absolute Gasteiger partial charge is 0.875 e. The molecule has 41 heavy (non-hydrogen) atoms. The van der Waals surface area contributed by atoms with Crippen LogP contribution < -0.4 is 10.2 Å². The van der Waals surface area contributed by atoms with E-state index < -0.39 is 0 Å². The molecule has 0 aliphatic carbocycles. The Hall–Kier alpha value is -4.19. The van der Waals surface area contributed by atoms with Crippen LogP contribution in [0.1, 0.15) is 22.3 Å². The van der Waals surface area contributed by atoms with Crippen molar-refractivity contribution < 1.29 is 27.0 Å². The second-order valence-corrected chi connectivity index (χ2v) is 9.62. The normalized spacial score (nSPS) is 12.6. The Morgan fingerprint density at radius 3 is 1.00 bits per heavy atom. The largest absolute Gasteiger partial charge is 2.00 e. The molecule has 209 valence electrons. The average Bonchev–Trinajstić information content (AvgIpc) is 2.97. The van der Waals surface area contributed by atoms with Crippen molar-refractivity contribution in [1.82, 2.24) is 0 Å². The van der Waals surface area contributed by atoms with E-state index in [0.29, 0.717) is 38.8 Å². The van der Waals surface area contributed by atoms with E-state index in [1.807, 2.05) is 121 Å². The van der Waals surface area contributed by atoms with E-state index in [-0.39, 0.29) is 28.3 Å². The van der Waals surface area contributed by atoms with Gasteiger partial charge in [-0.05, 0) is 35.1 Å². The van der Waals surface area contributed by atoms with Gasteiger partial charge in [0, 0.05) is 24.3 Å². The quantitative estimate of drug-likeness (QED) is 0.121. The summed E-state index contributed by atoms with van der Waals surface area (Å²) in [4.78, 5) is 9.52. The van der Waals surface area contributed by atoms with Gasteiger partial charge in [0.15, 0.2) is 0 Å². The summed E-state index contributed by atoms with van der Waals surface area (Å²) in [6.45, 7) is 0.854. The number of allylic oxidation sites excluding steroid dienone is 4. The van der Waals surface area contributed by atoms with Gasteiger partial charge in [0.1, 0.15) is 0 Å². The van der Waals surface area contributed by atoms with Crippen LogP contribution in [-0.4, -0.2) is 24.5 Å². The summed E-state index contributed by atoms with van der Waals surface area (Å²) < 4.78 is 0. The Labute approximate surface area is 253 Å². The van der Waals surface area contributed by atoms with Crippen molar-refractivity contribution in [2.75, 3.05) is 13.1 Å². The molecule has 0 saturated carbocycles. The molecule has 0 heterocycles. The Morgan fingerprint density at radius 1 is 0.439 bits per heavy atom. The predicted molar refractivity (Wildman–Crippen MR) is 161 cm³/mol. The molecule has 0 bridgehead atoms. The second kappa shape index (κ2) is 17.5. The van der Waals surface area contributed by atoms with Crippen LogP contribution in [0.5, 0.6) is 0 Å². The van der Waals surface area contributed by atoms with Crippen molar-refractivity contribution >= 4 is 11.4 Å². The maximum absolute atomic E-state index is 12.8. The monoisotopic (exact) mass is 585 g/mol. The summed E-state index contributed by atoms with van der Waals surface area (Å²) in [5.41, 5.74) is 5.62. The standard InChI is InChI=1S/C36H36N2O2.Co/c39-35(25-31-17-9-3-10-18-31)27-33(23-29-13-5-1-6-14-29)37-21-22-38-34(24-30-15-7-2-8-16-30)28-36(40)26-32-19-11-4-12-20-32;/h1-20,27-28,39-40H,21-26H2;/q;+2/p-2/b35-27-,36-28-,37-33?,38-34?;. The summed E-state index contributed by atoms with van der Waals surface area (Å²) in [7, 11) is 0. The summed E-state index contributed by atoms with van der Waals surface area (Å²) in [6, 6.07) is 39.5. The van der Waals surface area contributed by atoms with E-state index in [4.69, 9.17) is 9.98 Å². The van der Waals surface area contributed by atoms with Gasteiger partial charge >= 0.3 is 16.8 Å².